The second-order valence-electron chi connectivity index (χ2n) is 9.09. The number of urea groups is 1. The van der Waals surface area contributed by atoms with E-state index in [1.165, 1.54) is 0 Å². The zero-order chi connectivity index (χ0) is 24.8. The number of anilines is 1. The van der Waals surface area contributed by atoms with Gasteiger partial charge >= 0.3 is 6.03 Å². The molecule has 0 spiro atoms. The van der Waals surface area contributed by atoms with Gasteiger partial charge in [0.25, 0.3) is 0 Å². The van der Waals surface area contributed by atoms with Crippen molar-refractivity contribution in [1.29, 1.82) is 0 Å². The second kappa shape index (κ2) is 11.0. The first-order valence-corrected chi connectivity index (χ1v) is 11.7. The number of fused-ring (bicyclic) bond motifs is 1. The Hall–Kier alpha value is -3.94. The third kappa shape index (κ3) is 6.56. The summed E-state index contributed by atoms with van der Waals surface area (Å²) in [5.74, 6) is 2.02. The summed E-state index contributed by atoms with van der Waals surface area (Å²) in [6.45, 7) is 7.21. The summed E-state index contributed by atoms with van der Waals surface area (Å²) in [5, 5.41) is 2.92. The van der Waals surface area contributed by atoms with Gasteiger partial charge in [-0.05, 0) is 60.4 Å². The zero-order valence-corrected chi connectivity index (χ0v) is 20.3. The van der Waals surface area contributed by atoms with E-state index in [-0.39, 0.29) is 37.7 Å². The van der Waals surface area contributed by atoms with E-state index < -0.39 is 0 Å². The van der Waals surface area contributed by atoms with Crippen LogP contribution in [0.15, 0.2) is 65.3 Å². The van der Waals surface area contributed by atoms with E-state index in [4.69, 9.17) is 13.9 Å². The van der Waals surface area contributed by atoms with Gasteiger partial charge in [-0.15, -0.1) is 0 Å². The van der Waals surface area contributed by atoms with E-state index in [2.05, 4.69) is 5.32 Å². The van der Waals surface area contributed by atoms with Crippen molar-refractivity contribution in [3.63, 3.8) is 0 Å². The Morgan fingerprint density at radius 1 is 0.971 bits per heavy atom. The van der Waals surface area contributed by atoms with Crippen molar-refractivity contribution in [2.24, 2.45) is 5.92 Å². The summed E-state index contributed by atoms with van der Waals surface area (Å²) in [6, 6.07) is 16.5. The molecule has 0 aliphatic carbocycles. The smallest absolute Gasteiger partial charge is 0.322 e. The Bertz CT molecular complexity index is 1160. The molecule has 4 rings (SSSR count). The minimum atomic E-state index is -0.307. The zero-order valence-electron chi connectivity index (χ0n) is 20.3. The normalized spacial score (nSPS) is 12.0. The molecular formula is C27H31N3O5. The predicted octanol–water partition coefficient (Wildman–Crippen LogP) is 5.04. The Balaban J connectivity index is 1.50. The van der Waals surface area contributed by atoms with E-state index in [0.29, 0.717) is 36.0 Å². The molecule has 184 valence electrons. The molecule has 0 saturated carbocycles. The lowest BCUT2D eigenvalue weighted by atomic mass is 10.1. The van der Waals surface area contributed by atoms with Crippen LogP contribution in [0.25, 0.3) is 0 Å². The molecule has 35 heavy (non-hydrogen) atoms. The number of benzene rings is 2. The fraction of sp³-hybridized carbons (Fsp3) is 0.333. The third-order valence-electron chi connectivity index (χ3n) is 5.56. The lowest BCUT2D eigenvalue weighted by molar-refractivity contribution is -0.133. The molecule has 2 aromatic carbocycles. The number of hydrogen-bond acceptors (Lipinski definition) is 5. The molecule has 0 unspecified atom stereocenters. The molecule has 0 radical (unpaired) electrons. The van der Waals surface area contributed by atoms with Crippen LogP contribution in [0.3, 0.4) is 0 Å². The maximum atomic E-state index is 13.5. The van der Waals surface area contributed by atoms with E-state index in [1.54, 1.807) is 22.1 Å². The van der Waals surface area contributed by atoms with Crippen LogP contribution in [0, 0.1) is 12.8 Å². The van der Waals surface area contributed by atoms with Gasteiger partial charge in [0.05, 0.1) is 12.8 Å². The van der Waals surface area contributed by atoms with E-state index in [1.807, 2.05) is 69.3 Å². The maximum absolute atomic E-state index is 13.5. The average Bonchev–Trinajstić information content (AvgIpc) is 3.49. The van der Waals surface area contributed by atoms with Gasteiger partial charge in [-0.2, -0.15) is 0 Å². The highest BCUT2D eigenvalue weighted by Gasteiger charge is 2.24. The van der Waals surface area contributed by atoms with Crippen LogP contribution < -0.4 is 14.8 Å². The number of rotatable bonds is 9. The van der Waals surface area contributed by atoms with Gasteiger partial charge < -0.3 is 29.0 Å². The van der Waals surface area contributed by atoms with Crippen LogP contribution in [-0.2, 0) is 17.9 Å². The predicted molar refractivity (Wildman–Crippen MR) is 132 cm³/mol. The lowest BCUT2D eigenvalue weighted by Gasteiger charge is -2.28. The Morgan fingerprint density at radius 2 is 1.80 bits per heavy atom. The first kappa shape index (κ1) is 24.2. The highest BCUT2D eigenvalue weighted by Crippen LogP contribution is 2.33. The molecule has 0 saturated heterocycles. The monoisotopic (exact) mass is 477 g/mol. The molecule has 8 nitrogen and oxygen atoms in total. The Labute approximate surface area is 205 Å². The summed E-state index contributed by atoms with van der Waals surface area (Å²) in [6.07, 6.45) is 1.58. The van der Waals surface area contributed by atoms with E-state index in [0.717, 1.165) is 11.1 Å². The molecule has 0 bridgehead atoms. The lowest BCUT2D eigenvalue weighted by Crippen LogP contribution is -2.45. The van der Waals surface area contributed by atoms with Crippen molar-refractivity contribution >= 4 is 17.6 Å². The van der Waals surface area contributed by atoms with E-state index in [9.17, 15) is 9.59 Å². The van der Waals surface area contributed by atoms with Gasteiger partial charge in [-0.1, -0.05) is 32.0 Å². The topological polar surface area (TPSA) is 84.3 Å². The maximum Gasteiger partial charge on any atom is 0.322 e. The number of amides is 3. The number of carbonyl (C=O) groups excluding carboxylic acids is 2. The summed E-state index contributed by atoms with van der Waals surface area (Å²) >= 11 is 0. The van der Waals surface area contributed by atoms with Gasteiger partial charge in [0.1, 0.15) is 12.3 Å². The van der Waals surface area contributed by atoms with Crippen LogP contribution >= 0.6 is 0 Å². The van der Waals surface area contributed by atoms with Crippen molar-refractivity contribution in [3.05, 3.63) is 77.7 Å². The van der Waals surface area contributed by atoms with Crippen molar-refractivity contribution < 1.29 is 23.5 Å². The molecule has 8 heteroatoms. The van der Waals surface area contributed by atoms with Crippen molar-refractivity contribution in [1.82, 2.24) is 9.80 Å². The number of hydrogen-bond donors (Lipinski definition) is 1. The van der Waals surface area contributed by atoms with Gasteiger partial charge in [0.2, 0.25) is 12.7 Å². The summed E-state index contributed by atoms with van der Waals surface area (Å²) in [4.78, 5) is 29.9. The van der Waals surface area contributed by atoms with Crippen LogP contribution in [0.2, 0.25) is 0 Å². The van der Waals surface area contributed by atoms with Crippen molar-refractivity contribution in [2.75, 3.05) is 25.2 Å². The molecule has 0 atom stereocenters. The van der Waals surface area contributed by atoms with Crippen LogP contribution in [0.4, 0.5) is 10.5 Å². The molecule has 2 heterocycles. The third-order valence-corrected chi connectivity index (χ3v) is 5.56. The minimum absolute atomic E-state index is 0.0545. The Kier molecular flexibility index (Phi) is 7.60. The van der Waals surface area contributed by atoms with Crippen LogP contribution in [0.1, 0.15) is 30.7 Å². The highest BCUT2D eigenvalue weighted by molar-refractivity contribution is 5.92. The highest BCUT2D eigenvalue weighted by atomic mass is 16.7. The summed E-state index contributed by atoms with van der Waals surface area (Å²) in [5.41, 5.74) is 2.64. The summed E-state index contributed by atoms with van der Waals surface area (Å²) < 4.78 is 16.4. The molecule has 1 N–H and O–H groups in total. The standard InChI is InChI=1S/C27H31N3O5/c1-19(2)14-30(27(32)28-22-7-4-6-20(3)12-22)17-26(31)29(16-23-8-5-11-33-23)15-21-9-10-24-25(13-21)35-18-34-24/h4-13,19H,14-18H2,1-3H3,(H,28,32). The fourth-order valence-corrected chi connectivity index (χ4v) is 3.93. The molecule has 3 amide bonds. The number of ether oxygens (including phenoxy) is 2. The van der Waals surface area contributed by atoms with Gasteiger partial charge in [-0.3, -0.25) is 4.79 Å². The van der Waals surface area contributed by atoms with Crippen LogP contribution in [0.5, 0.6) is 11.5 Å². The molecular weight excluding hydrogens is 446 g/mol. The Morgan fingerprint density at radius 3 is 2.54 bits per heavy atom. The molecule has 1 aromatic heterocycles. The number of carbonyl (C=O) groups is 2. The molecule has 1 aliphatic heterocycles. The number of aryl methyl sites for hydroxylation is 1. The number of nitrogens with zero attached hydrogens (tertiary/aromatic N) is 2. The van der Waals surface area contributed by atoms with Crippen molar-refractivity contribution in [3.8, 4) is 11.5 Å². The fourth-order valence-electron chi connectivity index (χ4n) is 3.93. The quantitative estimate of drug-likeness (QED) is 0.467. The van der Waals surface area contributed by atoms with E-state index >= 15 is 0 Å². The second-order valence-corrected chi connectivity index (χ2v) is 9.09. The first-order valence-electron chi connectivity index (χ1n) is 11.7. The minimum Gasteiger partial charge on any atom is -0.467 e. The first-order chi connectivity index (χ1) is 16.9. The molecule has 1 aliphatic rings. The molecule has 0 fully saturated rings. The van der Waals surface area contributed by atoms with Gasteiger partial charge in [0.15, 0.2) is 11.5 Å². The summed E-state index contributed by atoms with van der Waals surface area (Å²) in [7, 11) is 0. The van der Waals surface area contributed by atoms with Gasteiger partial charge in [0, 0.05) is 18.8 Å². The molecule has 3 aromatic rings. The number of furan rings is 1. The largest absolute Gasteiger partial charge is 0.467 e. The van der Waals surface area contributed by atoms with Crippen molar-refractivity contribution in [2.45, 2.75) is 33.9 Å². The SMILES string of the molecule is Cc1cccc(NC(=O)N(CC(=O)N(Cc2ccc3c(c2)OCO3)Cc2ccco2)CC(C)C)c1. The van der Waals surface area contributed by atoms with Crippen LogP contribution in [-0.4, -0.2) is 41.6 Å². The average molecular weight is 478 g/mol. The van der Waals surface area contributed by atoms with Gasteiger partial charge in [-0.25, -0.2) is 4.79 Å². The number of nitrogens with one attached hydrogen (secondary N) is 1.